The molecule has 2 N–H and O–H groups in total. The first-order chi connectivity index (χ1) is 12.3. The van der Waals surface area contributed by atoms with Crippen LogP contribution in [0.3, 0.4) is 0 Å². The van der Waals surface area contributed by atoms with Gasteiger partial charge in [0.25, 0.3) is 0 Å². The third-order valence-corrected chi connectivity index (χ3v) is 6.01. The van der Waals surface area contributed by atoms with Crippen molar-refractivity contribution in [1.82, 2.24) is 20.1 Å². The fourth-order valence-electron chi connectivity index (χ4n) is 4.49. The van der Waals surface area contributed by atoms with Crippen LogP contribution >= 0.6 is 0 Å². The molecule has 2 unspecified atom stereocenters. The Labute approximate surface area is 147 Å². The van der Waals surface area contributed by atoms with Gasteiger partial charge in [0.2, 0.25) is 0 Å². The average molecular weight is 333 g/mol. The van der Waals surface area contributed by atoms with Crippen molar-refractivity contribution in [3.05, 3.63) is 42.6 Å². The maximum atomic E-state index is 4.46. The van der Waals surface area contributed by atoms with Gasteiger partial charge in [0.05, 0.1) is 5.69 Å². The van der Waals surface area contributed by atoms with E-state index in [0.717, 1.165) is 28.5 Å². The van der Waals surface area contributed by atoms with Gasteiger partial charge in [-0.1, -0.05) is 6.07 Å². The predicted octanol–water partition coefficient (Wildman–Crippen LogP) is 3.52. The summed E-state index contributed by atoms with van der Waals surface area (Å²) in [5.74, 6) is 1.65. The summed E-state index contributed by atoms with van der Waals surface area (Å²) in [5.41, 5.74) is 3.16. The van der Waals surface area contributed by atoms with E-state index in [4.69, 9.17) is 0 Å². The first-order valence-corrected chi connectivity index (χ1v) is 9.20. The number of nitrogens with zero attached hydrogens (tertiary/aromatic N) is 3. The van der Waals surface area contributed by atoms with Crippen LogP contribution in [-0.4, -0.2) is 45.3 Å². The van der Waals surface area contributed by atoms with E-state index >= 15 is 0 Å². The van der Waals surface area contributed by atoms with Gasteiger partial charge in [0, 0.05) is 34.7 Å². The van der Waals surface area contributed by atoms with Gasteiger partial charge in [-0.15, -0.1) is 10.2 Å². The molecule has 3 aromatic rings. The molecule has 3 aliphatic rings. The van der Waals surface area contributed by atoms with Crippen LogP contribution in [0.4, 0.5) is 5.82 Å². The largest absolute Gasteiger partial charge is 0.364 e. The van der Waals surface area contributed by atoms with Crippen LogP contribution in [0, 0.1) is 5.92 Å². The molecule has 5 nitrogen and oxygen atoms in total. The number of hydrogen-bond donors (Lipinski definition) is 2. The summed E-state index contributed by atoms with van der Waals surface area (Å²) < 4.78 is 0. The number of H-pyrrole nitrogens is 1. The second-order valence-corrected chi connectivity index (χ2v) is 7.37. The van der Waals surface area contributed by atoms with Gasteiger partial charge in [0.15, 0.2) is 0 Å². The van der Waals surface area contributed by atoms with E-state index < -0.39 is 0 Å². The molecule has 128 valence electrons. The van der Waals surface area contributed by atoms with Gasteiger partial charge in [0.1, 0.15) is 5.82 Å². The lowest BCUT2D eigenvalue weighted by molar-refractivity contribution is 0.0457. The molecule has 5 heterocycles. The highest BCUT2D eigenvalue weighted by atomic mass is 15.2. The van der Waals surface area contributed by atoms with Crippen LogP contribution in [0.2, 0.25) is 0 Å². The third-order valence-electron chi connectivity index (χ3n) is 6.01. The highest BCUT2D eigenvalue weighted by Gasteiger charge is 2.39. The van der Waals surface area contributed by atoms with Gasteiger partial charge < -0.3 is 10.3 Å². The lowest BCUT2D eigenvalue weighted by Gasteiger charge is -2.50. The number of aromatic nitrogens is 3. The molecule has 3 saturated heterocycles. The van der Waals surface area contributed by atoms with Crippen molar-refractivity contribution in [2.24, 2.45) is 5.92 Å². The summed E-state index contributed by atoms with van der Waals surface area (Å²) >= 11 is 0. The number of rotatable bonds is 3. The van der Waals surface area contributed by atoms with Crippen LogP contribution in [-0.2, 0) is 0 Å². The summed E-state index contributed by atoms with van der Waals surface area (Å²) in [6.07, 6.45) is 4.55. The zero-order valence-electron chi connectivity index (χ0n) is 14.4. The highest BCUT2D eigenvalue weighted by Crippen LogP contribution is 2.33. The number of fused-ring (bicyclic) bond motifs is 4. The quantitative estimate of drug-likeness (QED) is 0.770. The summed E-state index contributed by atoms with van der Waals surface area (Å²) in [5, 5.41) is 13.7. The van der Waals surface area contributed by atoms with Crippen molar-refractivity contribution in [1.29, 1.82) is 0 Å². The van der Waals surface area contributed by atoms with Crippen LogP contribution in [0.25, 0.3) is 22.2 Å². The molecule has 3 aliphatic heterocycles. The van der Waals surface area contributed by atoms with Gasteiger partial charge >= 0.3 is 0 Å². The normalized spacial score (nSPS) is 28.4. The Morgan fingerprint density at radius 2 is 1.96 bits per heavy atom. The topological polar surface area (TPSA) is 56.8 Å². The van der Waals surface area contributed by atoms with Crippen LogP contribution in [0.1, 0.15) is 19.8 Å². The van der Waals surface area contributed by atoms with Gasteiger partial charge in [-0.05, 0) is 69.1 Å². The van der Waals surface area contributed by atoms with E-state index in [2.05, 4.69) is 68.7 Å². The monoisotopic (exact) mass is 333 g/mol. The van der Waals surface area contributed by atoms with Gasteiger partial charge in [-0.2, -0.15) is 0 Å². The average Bonchev–Trinajstić information content (AvgIpc) is 3.13. The zero-order chi connectivity index (χ0) is 16.8. The van der Waals surface area contributed by atoms with Crippen LogP contribution in [0.5, 0.6) is 0 Å². The standard InChI is InChI=1S/C20H23N5/c1-13-20(14-7-10-25(13)11-8-14)22-19-5-4-18(23-24-19)15-2-3-17-16(12-15)6-9-21-17/h2-6,9,12-14,20-21H,7-8,10-11H2,1H3,(H,22,24). The minimum Gasteiger partial charge on any atom is -0.364 e. The molecule has 0 aliphatic carbocycles. The fourth-order valence-corrected chi connectivity index (χ4v) is 4.49. The van der Waals surface area contributed by atoms with E-state index in [-0.39, 0.29) is 0 Å². The molecule has 5 heteroatoms. The third kappa shape index (κ3) is 2.59. The summed E-state index contributed by atoms with van der Waals surface area (Å²) in [4.78, 5) is 5.81. The Bertz CT molecular complexity index is 874. The lowest BCUT2D eigenvalue weighted by Crippen LogP contribution is -2.59. The van der Waals surface area contributed by atoms with Crippen molar-refractivity contribution in [2.75, 3.05) is 18.4 Å². The molecule has 2 aromatic heterocycles. The molecule has 0 radical (unpaired) electrons. The second kappa shape index (κ2) is 5.85. The van der Waals surface area contributed by atoms with Crippen molar-refractivity contribution in [2.45, 2.75) is 31.8 Å². The van der Waals surface area contributed by atoms with Crippen LogP contribution in [0.15, 0.2) is 42.6 Å². The SMILES string of the molecule is CC1C(Nc2ccc(-c3ccc4[nH]ccc4c3)nn2)C2CCN1CC2. The van der Waals surface area contributed by atoms with Crippen molar-refractivity contribution in [3.63, 3.8) is 0 Å². The molecule has 0 amide bonds. The Hall–Kier alpha value is -2.40. The van der Waals surface area contributed by atoms with E-state index in [1.165, 1.54) is 31.3 Å². The zero-order valence-corrected chi connectivity index (χ0v) is 14.4. The molecule has 6 rings (SSSR count). The maximum absolute atomic E-state index is 4.46. The molecule has 3 fully saturated rings. The maximum Gasteiger partial charge on any atom is 0.148 e. The number of hydrogen-bond acceptors (Lipinski definition) is 4. The van der Waals surface area contributed by atoms with Crippen LogP contribution < -0.4 is 5.32 Å². The van der Waals surface area contributed by atoms with Crippen molar-refractivity contribution in [3.8, 4) is 11.3 Å². The molecule has 25 heavy (non-hydrogen) atoms. The Kier molecular flexibility index (Phi) is 3.48. The Balaban J connectivity index is 1.36. The van der Waals surface area contributed by atoms with Crippen molar-refractivity contribution < 1.29 is 0 Å². The Morgan fingerprint density at radius 3 is 2.72 bits per heavy atom. The second-order valence-electron chi connectivity index (χ2n) is 7.37. The first-order valence-electron chi connectivity index (χ1n) is 9.20. The molecular formula is C20H23N5. The molecule has 0 spiro atoms. The summed E-state index contributed by atoms with van der Waals surface area (Å²) in [6, 6.07) is 13.6. The molecule has 1 aromatic carbocycles. The first kappa shape index (κ1) is 14.9. The van der Waals surface area contributed by atoms with E-state index in [1.54, 1.807) is 0 Å². The number of aromatic amines is 1. The smallest absolute Gasteiger partial charge is 0.148 e. The molecule has 2 atom stereocenters. The van der Waals surface area contributed by atoms with Gasteiger partial charge in [-0.25, -0.2) is 0 Å². The lowest BCUT2D eigenvalue weighted by atomic mass is 9.79. The number of benzene rings is 1. The Morgan fingerprint density at radius 1 is 1.08 bits per heavy atom. The molecule has 2 bridgehead atoms. The predicted molar refractivity (Wildman–Crippen MR) is 100 cm³/mol. The molecular weight excluding hydrogens is 310 g/mol. The number of anilines is 1. The molecule has 0 saturated carbocycles. The van der Waals surface area contributed by atoms with Crippen molar-refractivity contribution >= 4 is 16.7 Å². The number of piperidine rings is 3. The van der Waals surface area contributed by atoms with E-state index in [9.17, 15) is 0 Å². The number of nitrogens with one attached hydrogen (secondary N) is 2. The highest BCUT2D eigenvalue weighted by molar-refractivity contribution is 5.84. The fraction of sp³-hybridized carbons (Fsp3) is 0.400. The van der Waals surface area contributed by atoms with E-state index in [1.807, 2.05) is 6.20 Å². The van der Waals surface area contributed by atoms with E-state index in [0.29, 0.717) is 12.1 Å². The minimum absolute atomic E-state index is 0.485. The summed E-state index contributed by atoms with van der Waals surface area (Å²) in [6.45, 7) is 4.82. The minimum atomic E-state index is 0.485. The summed E-state index contributed by atoms with van der Waals surface area (Å²) in [7, 11) is 0. The van der Waals surface area contributed by atoms with Gasteiger partial charge in [-0.3, -0.25) is 4.90 Å².